The zero-order chi connectivity index (χ0) is 11.4. The molecule has 1 aliphatic carbocycles. The number of nitrogens with zero attached hydrogens (tertiary/aromatic N) is 1. The van der Waals surface area contributed by atoms with Gasteiger partial charge in [-0.2, -0.15) is 0 Å². The molecule has 0 saturated heterocycles. The first-order chi connectivity index (χ1) is 7.77. The topological polar surface area (TPSA) is 38.9 Å². The third-order valence-corrected chi connectivity index (χ3v) is 4.49. The summed E-state index contributed by atoms with van der Waals surface area (Å²) in [5.41, 5.74) is 6.93. The Labute approximate surface area is 102 Å². The molecule has 0 spiro atoms. The molecule has 2 nitrogen and oxygen atoms in total. The second-order valence-electron chi connectivity index (χ2n) is 4.94. The van der Waals surface area contributed by atoms with E-state index in [0.717, 1.165) is 5.69 Å². The molecule has 1 aromatic heterocycles. The lowest BCUT2D eigenvalue weighted by molar-refractivity contribution is 0.454. The van der Waals surface area contributed by atoms with E-state index in [-0.39, 0.29) is 6.04 Å². The van der Waals surface area contributed by atoms with Crippen LogP contribution in [0.4, 0.5) is 0 Å². The second kappa shape index (κ2) is 5.78. The SMILES string of the molecule is CC(N)c1csc(C2CCCCCCC2)n1. The van der Waals surface area contributed by atoms with Gasteiger partial charge in [0.1, 0.15) is 0 Å². The maximum absolute atomic E-state index is 5.86. The molecule has 90 valence electrons. The Kier molecular flexibility index (Phi) is 4.36. The van der Waals surface area contributed by atoms with Crippen molar-refractivity contribution in [3.63, 3.8) is 0 Å². The fraction of sp³-hybridized carbons (Fsp3) is 0.769. The number of aromatic nitrogens is 1. The summed E-state index contributed by atoms with van der Waals surface area (Å²) in [5.74, 6) is 0.706. The second-order valence-corrected chi connectivity index (χ2v) is 5.83. The summed E-state index contributed by atoms with van der Waals surface area (Å²) >= 11 is 1.81. The van der Waals surface area contributed by atoms with E-state index in [1.165, 1.54) is 50.0 Å². The Hall–Kier alpha value is -0.410. The largest absolute Gasteiger partial charge is 0.323 e. The van der Waals surface area contributed by atoms with Crippen molar-refractivity contribution >= 4 is 11.3 Å². The lowest BCUT2D eigenvalue weighted by Crippen LogP contribution is -2.07. The average Bonchev–Trinajstić information content (AvgIpc) is 2.66. The lowest BCUT2D eigenvalue weighted by Gasteiger charge is -2.17. The highest BCUT2D eigenvalue weighted by molar-refractivity contribution is 7.09. The quantitative estimate of drug-likeness (QED) is 0.846. The molecule has 1 fully saturated rings. The van der Waals surface area contributed by atoms with E-state index in [2.05, 4.69) is 5.38 Å². The molecule has 16 heavy (non-hydrogen) atoms. The number of rotatable bonds is 2. The van der Waals surface area contributed by atoms with Crippen molar-refractivity contribution in [3.05, 3.63) is 16.1 Å². The minimum absolute atomic E-state index is 0.0820. The minimum atomic E-state index is 0.0820. The van der Waals surface area contributed by atoms with Crippen LogP contribution in [0.15, 0.2) is 5.38 Å². The Bertz CT molecular complexity index is 311. The van der Waals surface area contributed by atoms with Crippen LogP contribution in [0.25, 0.3) is 0 Å². The molecule has 1 aliphatic rings. The maximum atomic E-state index is 5.86. The summed E-state index contributed by atoms with van der Waals surface area (Å²) in [6.07, 6.45) is 9.63. The number of hydrogen-bond donors (Lipinski definition) is 1. The summed E-state index contributed by atoms with van der Waals surface area (Å²) in [4.78, 5) is 4.70. The van der Waals surface area contributed by atoms with Gasteiger partial charge in [-0.25, -0.2) is 4.98 Å². The van der Waals surface area contributed by atoms with Crippen LogP contribution in [-0.4, -0.2) is 4.98 Å². The number of nitrogens with two attached hydrogens (primary N) is 1. The molecule has 1 aromatic rings. The van der Waals surface area contributed by atoms with Gasteiger partial charge < -0.3 is 5.73 Å². The van der Waals surface area contributed by atoms with Crippen molar-refractivity contribution in [3.8, 4) is 0 Å². The fourth-order valence-electron chi connectivity index (χ4n) is 2.40. The van der Waals surface area contributed by atoms with Gasteiger partial charge in [0.25, 0.3) is 0 Å². The van der Waals surface area contributed by atoms with E-state index >= 15 is 0 Å². The summed E-state index contributed by atoms with van der Waals surface area (Å²) in [7, 11) is 0. The van der Waals surface area contributed by atoms with Crippen LogP contribution in [0.3, 0.4) is 0 Å². The third kappa shape index (κ3) is 3.05. The van der Waals surface area contributed by atoms with E-state index in [9.17, 15) is 0 Å². The van der Waals surface area contributed by atoms with Gasteiger partial charge in [0, 0.05) is 17.3 Å². The molecule has 0 aromatic carbocycles. The van der Waals surface area contributed by atoms with Gasteiger partial charge in [-0.15, -0.1) is 11.3 Å². The van der Waals surface area contributed by atoms with Crippen LogP contribution >= 0.6 is 11.3 Å². The van der Waals surface area contributed by atoms with E-state index in [4.69, 9.17) is 10.7 Å². The van der Waals surface area contributed by atoms with Gasteiger partial charge in [-0.3, -0.25) is 0 Å². The zero-order valence-corrected chi connectivity index (χ0v) is 10.9. The first-order valence-corrected chi connectivity index (χ1v) is 7.36. The molecule has 1 heterocycles. The van der Waals surface area contributed by atoms with E-state index in [1.54, 1.807) is 0 Å². The van der Waals surface area contributed by atoms with Gasteiger partial charge in [-0.05, 0) is 19.8 Å². The predicted octanol–water partition coefficient (Wildman–Crippen LogP) is 3.99. The molecule has 2 rings (SSSR count). The monoisotopic (exact) mass is 238 g/mol. The van der Waals surface area contributed by atoms with Gasteiger partial charge in [-0.1, -0.05) is 32.1 Å². The van der Waals surface area contributed by atoms with Crippen molar-refractivity contribution in [1.82, 2.24) is 4.98 Å². The third-order valence-electron chi connectivity index (χ3n) is 3.46. The standard InChI is InChI=1S/C13H22N2S/c1-10(14)12-9-16-13(15-12)11-7-5-3-2-4-6-8-11/h9-11H,2-8,14H2,1H3. The molecule has 0 bridgehead atoms. The van der Waals surface area contributed by atoms with E-state index in [1.807, 2.05) is 18.3 Å². The van der Waals surface area contributed by atoms with Gasteiger partial charge >= 0.3 is 0 Å². The van der Waals surface area contributed by atoms with Crippen LogP contribution < -0.4 is 5.73 Å². The van der Waals surface area contributed by atoms with Crippen molar-refractivity contribution in [1.29, 1.82) is 0 Å². The molecule has 3 heteroatoms. The van der Waals surface area contributed by atoms with Gasteiger partial charge in [0.15, 0.2) is 0 Å². The molecule has 1 atom stereocenters. The molecule has 0 aliphatic heterocycles. The molecular weight excluding hydrogens is 216 g/mol. The van der Waals surface area contributed by atoms with Crippen LogP contribution in [-0.2, 0) is 0 Å². The summed E-state index contributed by atoms with van der Waals surface area (Å²) in [5, 5.41) is 3.47. The Balaban J connectivity index is 2.02. The Morgan fingerprint density at radius 3 is 2.44 bits per heavy atom. The molecule has 0 radical (unpaired) electrons. The van der Waals surface area contributed by atoms with E-state index < -0.39 is 0 Å². The van der Waals surface area contributed by atoms with Crippen molar-refractivity contribution < 1.29 is 0 Å². The smallest absolute Gasteiger partial charge is 0.0959 e. The van der Waals surface area contributed by atoms with Crippen molar-refractivity contribution in [2.45, 2.75) is 63.8 Å². The van der Waals surface area contributed by atoms with Crippen LogP contribution in [0.2, 0.25) is 0 Å². The normalized spacial score (nSPS) is 21.4. The maximum Gasteiger partial charge on any atom is 0.0959 e. The molecule has 2 N–H and O–H groups in total. The highest BCUT2D eigenvalue weighted by Crippen LogP contribution is 2.33. The number of hydrogen-bond acceptors (Lipinski definition) is 3. The highest BCUT2D eigenvalue weighted by atomic mass is 32.1. The average molecular weight is 238 g/mol. The molecule has 1 unspecified atom stereocenters. The van der Waals surface area contributed by atoms with Gasteiger partial charge in [0.05, 0.1) is 10.7 Å². The van der Waals surface area contributed by atoms with Crippen molar-refractivity contribution in [2.75, 3.05) is 0 Å². The zero-order valence-electron chi connectivity index (χ0n) is 10.1. The minimum Gasteiger partial charge on any atom is -0.323 e. The molecule has 1 saturated carbocycles. The molecule has 0 amide bonds. The summed E-state index contributed by atoms with van der Waals surface area (Å²) in [6.45, 7) is 2.01. The van der Waals surface area contributed by atoms with Crippen LogP contribution in [0, 0.1) is 0 Å². The highest BCUT2D eigenvalue weighted by Gasteiger charge is 2.17. The lowest BCUT2D eigenvalue weighted by atomic mass is 9.92. The summed E-state index contributed by atoms with van der Waals surface area (Å²) < 4.78 is 0. The van der Waals surface area contributed by atoms with Gasteiger partial charge in [0.2, 0.25) is 0 Å². The Morgan fingerprint density at radius 1 is 1.25 bits per heavy atom. The van der Waals surface area contributed by atoms with E-state index in [0.29, 0.717) is 5.92 Å². The summed E-state index contributed by atoms with van der Waals surface area (Å²) in [6, 6.07) is 0.0820. The first kappa shape index (κ1) is 12.1. The number of thiazole rings is 1. The predicted molar refractivity (Wildman–Crippen MR) is 69.8 cm³/mol. The van der Waals surface area contributed by atoms with Crippen LogP contribution in [0.5, 0.6) is 0 Å². The molecular formula is C13H22N2S. The first-order valence-electron chi connectivity index (χ1n) is 6.48. The van der Waals surface area contributed by atoms with Crippen molar-refractivity contribution in [2.24, 2.45) is 5.73 Å². The van der Waals surface area contributed by atoms with Crippen LogP contribution in [0.1, 0.15) is 74.5 Å². The Morgan fingerprint density at radius 2 is 1.88 bits per heavy atom. The fourth-order valence-corrected chi connectivity index (χ4v) is 3.50.